The van der Waals surface area contributed by atoms with Gasteiger partial charge in [0.25, 0.3) is 0 Å². The van der Waals surface area contributed by atoms with Crippen molar-refractivity contribution < 1.29 is 4.79 Å². The topological polar surface area (TPSA) is 85.1 Å². The predicted octanol–water partition coefficient (Wildman–Crippen LogP) is 2.73. The van der Waals surface area contributed by atoms with Gasteiger partial charge >= 0.3 is 0 Å². The number of rotatable bonds is 5. The number of hydrogen-bond donors (Lipinski definition) is 1. The highest BCUT2D eigenvalue weighted by Crippen LogP contribution is 2.22. The third-order valence-electron chi connectivity index (χ3n) is 3.72. The Morgan fingerprint density at radius 2 is 2.08 bits per heavy atom. The highest BCUT2D eigenvalue weighted by molar-refractivity contribution is 7.99. The van der Waals surface area contributed by atoms with E-state index in [9.17, 15) is 4.79 Å². The number of fused-ring (bicyclic) bond motifs is 3. The minimum absolute atomic E-state index is 0.105. The summed E-state index contributed by atoms with van der Waals surface area (Å²) in [5.74, 6) is 0.104. The van der Waals surface area contributed by atoms with Crippen molar-refractivity contribution in [3.8, 4) is 0 Å². The van der Waals surface area contributed by atoms with Gasteiger partial charge in [0, 0.05) is 17.0 Å². The van der Waals surface area contributed by atoms with Gasteiger partial charge in [-0.05, 0) is 40.3 Å². The van der Waals surface area contributed by atoms with Crippen LogP contribution in [0.4, 0.5) is 0 Å². The molecule has 1 N–H and O–H groups in total. The fourth-order valence-corrected chi connectivity index (χ4v) is 3.50. The molecule has 7 nitrogen and oxygen atoms in total. The summed E-state index contributed by atoms with van der Waals surface area (Å²) in [6.45, 7) is 0.422. The maximum absolute atomic E-state index is 12.2. The van der Waals surface area contributed by atoms with Crippen LogP contribution in [0.15, 0.2) is 53.7 Å². The van der Waals surface area contributed by atoms with E-state index in [1.165, 1.54) is 11.8 Å². The quantitative estimate of drug-likeness (QED) is 0.420. The summed E-state index contributed by atoms with van der Waals surface area (Å²) < 4.78 is 1.55. The van der Waals surface area contributed by atoms with Crippen LogP contribution >= 0.6 is 23.4 Å². The number of hydrogen-bond acceptors (Lipinski definition) is 6. The molecule has 1 amide bonds. The van der Waals surface area contributed by atoms with Crippen LogP contribution in [0, 0.1) is 0 Å². The van der Waals surface area contributed by atoms with Gasteiger partial charge in [-0.3, -0.25) is 4.79 Å². The van der Waals surface area contributed by atoms with E-state index < -0.39 is 0 Å². The van der Waals surface area contributed by atoms with Crippen molar-refractivity contribution in [3.05, 3.63) is 59.1 Å². The zero-order valence-corrected chi connectivity index (χ0v) is 15.0. The van der Waals surface area contributed by atoms with Crippen LogP contribution in [0.1, 0.15) is 5.56 Å². The van der Waals surface area contributed by atoms with Crippen LogP contribution in [0.3, 0.4) is 0 Å². The Labute approximate surface area is 157 Å². The molecule has 0 saturated carbocycles. The van der Waals surface area contributed by atoms with E-state index in [1.54, 1.807) is 10.6 Å². The lowest BCUT2D eigenvalue weighted by atomic mass is 10.2. The summed E-state index contributed by atoms with van der Waals surface area (Å²) in [6.07, 6.45) is 0. The fraction of sp³-hybridized carbons (Fsp3) is 0.118. The molecule has 4 aromatic rings. The Hall–Kier alpha value is -2.71. The van der Waals surface area contributed by atoms with E-state index in [0.717, 1.165) is 16.5 Å². The molecule has 0 aliphatic carbocycles. The van der Waals surface area contributed by atoms with Gasteiger partial charge in [-0.1, -0.05) is 47.6 Å². The standard InChI is InChI=1S/C17H13ClN6OS/c18-12-5-3-4-11(8-12)9-19-15(25)10-26-17-20-14-7-2-1-6-13(14)16-21-22-23-24(16)17/h1-8H,9-10H2,(H,19,25). The van der Waals surface area contributed by atoms with Gasteiger partial charge < -0.3 is 5.32 Å². The molecule has 4 rings (SSSR count). The van der Waals surface area contributed by atoms with E-state index in [4.69, 9.17) is 11.6 Å². The van der Waals surface area contributed by atoms with Gasteiger partial charge in [-0.2, -0.15) is 4.52 Å². The zero-order valence-electron chi connectivity index (χ0n) is 13.5. The van der Waals surface area contributed by atoms with Gasteiger partial charge in [-0.15, -0.1) is 5.10 Å². The van der Waals surface area contributed by atoms with E-state index in [-0.39, 0.29) is 11.7 Å². The number of para-hydroxylation sites is 1. The maximum atomic E-state index is 12.2. The summed E-state index contributed by atoms with van der Waals surface area (Å²) >= 11 is 7.23. The lowest BCUT2D eigenvalue weighted by Crippen LogP contribution is -2.24. The molecule has 0 aliphatic rings. The smallest absolute Gasteiger partial charge is 0.230 e. The second-order valence-electron chi connectivity index (χ2n) is 5.52. The minimum Gasteiger partial charge on any atom is -0.351 e. The number of nitrogens with zero attached hydrogens (tertiary/aromatic N) is 5. The van der Waals surface area contributed by atoms with Gasteiger partial charge in [0.2, 0.25) is 5.91 Å². The second kappa shape index (κ2) is 7.27. The first kappa shape index (κ1) is 16.7. The number of carbonyl (C=O) groups excluding carboxylic acids is 1. The first-order valence-electron chi connectivity index (χ1n) is 7.81. The first-order valence-corrected chi connectivity index (χ1v) is 9.18. The zero-order chi connectivity index (χ0) is 17.9. The summed E-state index contributed by atoms with van der Waals surface area (Å²) in [7, 11) is 0. The molecule has 0 spiro atoms. The van der Waals surface area contributed by atoms with Crippen molar-refractivity contribution in [2.24, 2.45) is 0 Å². The van der Waals surface area contributed by atoms with Crippen LogP contribution in [-0.4, -0.2) is 36.7 Å². The molecule has 9 heteroatoms. The summed E-state index contributed by atoms with van der Waals surface area (Å²) in [5.41, 5.74) is 2.36. The molecule has 130 valence electrons. The first-order chi connectivity index (χ1) is 12.7. The Morgan fingerprint density at radius 3 is 2.96 bits per heavy atom. The van der Waals surface area contributed by atoms with Crippen LogP contribution in [-0.2, 0) is 11.3 Å². The van der Waals surface area contributed by atoms with Crippen LogP contribution in [0.25, 0.3) is 16.6 Å². The van der Waals surface area contributed by atoms with Crippen molar-refractivity contribution in [2.45, 2.75) is 11.7 Å². The van der Waals surface area contributed by atoms with Crippen LogP contribution < -0.4 is 5.32 Å². The molecule has 26 heavy (non-hydrogen) atoms. The molecule has 0 saturated heterocycles. The minimum atomic E-state index is -0.105. The van der Waals surface area contributed by atoms with Gasteiger partial charge in [0.1, 0.15) is 0 Å². The number of benzene rings is 2. The lowest BCUT2D eigenvalue weighted by Gasteiger charge is -2.07. The second-order valence-corrected chi connectivity index (χ2v) is 6.90. The number of amides is 1. The molecule has 0 radical (unpaired) electrons. The molecule has 0 atom stereocenters. The molecule has 2 aromatic carbocycles. The van der Waals surface area contributed by atoms with Crippen molar-refractivity contribution in [3.63, 3.8) is 0 Å². The monoisotopic (exact) mass is 384 g/mol. The van der Waals surface area contributed by atoms with Gasteiger partial charge in [0.05, 0.1) is 11.3 Å². The molecule has 0 fully saturated rings. The largest absolute Gasteiger partial charge is 0.351 e. The number of carbonyl (C=O) groups is 1. The van der Waals surface area contributed by atoms with Crippen molar-refractivity contribution in [2.75, 3.05) is 5.75 Å². The predicted molar refractivity (Wildman–Crippen MR) is 100 cm³/mol. The van der Waals surface area contributed by atoms with Crippen molar-refractivity contribution in [1.82, 2.24) is 30.3 Å². The summed E-state index contributed by atoms with van der Waals surface area (Å²) in [5, 5.41) is 16.7. The fourth-order valence-electron chi connectivity index (χ4n) is 2.52. The van der Waals surface area contributed by atoms with Crippen LogP contribution in [0.5, 0.6) is 0 Å². The average Bonchev–Trinajstić information content (AvgIpc) is 3.15. The van der Waals surface area contributed by atoms with Gasteiger partial charge in [-0.25, -0.2) is 4.98 Å². The maximum Gasteiger partial charge on any atom is 0.230 e. The summed E-state index contributed by atoms with van der Waals surface area (Å²) in [4.78, 5) is 16.7. The lowest BCUT2D eigenvalue weighted by molar-refractivity contribution is -0.118. The molecular formula is C17H13ClN6OS. The molecule has 2 heterocycles. The number of halogens is 1. The van der Waals surface area contributed by atoms with Crippen LogP contribution in [0.2, 0.25) is 5.02 Å². The Bertz CT molecular complexity index is 1100. The molecule has 2 aromatic heterocycles. The number of nitrogens with one attached hydrogen (secondary N) is 1. The summed E-state index contributed by atoms with van der Waals surface area (Å²) in [6, 6.07) is 15.0. The Balaban J connectivity index is 1.47. The third-order valence-corrected chi connectivity index (χ3v) is 4.89. The number of thioether (sulfide) groups is 1. The Morgan fingerprint density at radius 1 is 1.19 bits per heavy atom. The third kappa shape index (κ3) is 3.47. The van der Waals surface area contributed by atoms with E-state index >= 15 is 0 Å². The van der Waals surface area contributed by atoms with E-state index in [0.29, 0.717) is 22.4 Å². The highest BCUT2D eigenvalue weighted by atomic mass is 35.5. The normalized spacial score (nSPS) is 11.1. The number of tetrazole rings is 1. The average molecular weight is 385 g/mol. The van der Waals surface area contributed by atoms with Crippen molar-refractivity contribution >= 4 is 45.8 Å². The SMILES string of the molecule is O=C(CSc1nc2ccccc2c2nnnn12)NCc1cccc(Cl)c1. The molecule has 0 aliphatic heterocycles. The van der Waals surface area contributed by atoms with Gasteiger partial charge in [0.15, 0.2) is 10.8 Å². The highest BCUT2D eigenvalue weighted by Gasteiger charge is 2.13. The molecule has 0 unspecified atom stereocenters. The van der Waals surface area contributed by atoms with E-state index in [1.807, 2.05) is 42.5 Å². The molecule has 0 bridgehead atoms. The van der Waals surface area contributed by atoms with Crippen molar-refractivity contribution in [1.29, 1.82) is 0 Å². The Kier molecular flexibility index (Phi) is 4.68. The number of aromatic nitrogens is 5. The van der Waals surface area contributed by atoms with E-state index in [2.05, 4.69) is 25.8 Å². The molecular weight excluding hydrogens is 372 g/mol.